The molecule has 0 aliphatic rings. The molecule has 2 aromatic carbocycles. The molecule has 0 aromatic heterocycles. The molecule has 5 heteroatoms. The number of benzene rings is 2. The van der Waals surface area contributed by atoms with Gasteiger partial charge >= 0.3 is 6.03 Å². The van der Waals surface area contributed by atoms with E-state index in [-0.39, 0.29) is 18.4 Å². The summed E-state index contributed by atoms with van der Waals surface area (Å²) in [7, 11) is 1.58. The van der Waals surface area contributed by atoms with E-state index in [1.165, 1.54) is 12.1 Å². The minimum Gasteiger partial charge on any atom is -0.497 e. The zero-order valence-corrected chi connectivity index (χ0v) is 11.0. The molecule has 2 aromatic rings. The summed E-state index contributed by atoms with van der Waals surface area (Å²) in [4.78, 5) is 11.7. The summed E-state index contributed by atoms with van der Waals surface area (Å²) in [5.41, 5.74) is 1.36. The molecule has 0 unspecified atom stereocenters. The minimum atomic E-state index is -0.348. The van der Waals surface area contributed by atoms with Gasteiger partial charge in [-0.15, -0.1) is 0 Å². The SMILES string of the molecule is COc1ccc(NC(=O)NCc2cccc(F)c2)cc1. The number of carbonyl (C=O) groups is 1. The molecule has 0 radical (unpaired) electrons. The van der Waals surface area contributed by atoms with Crippen LogP contribution in [0.5, 0.6) is 5.75 Å². The second kappa shape index (κ2) is 6.56. The van der Waals surface area contributed by atoms with Crippen molar-refractivity contribution in [3.8, 4) is 5.75 Å². The molecule has 0 saturated carbocycles. The number of hydrogen-bond donors (Lipinski definition) is 2. The Hall–Kier alpha value is -2.56. The van der Waals surface area contributed by atoms with Gasteiger partial charge in [0.25, 0.3) is 0 Å². The molecule has 0 fully saturated rings. The highest BCUT2D eigenvalue weighted by Gasteiger charge is 2.02. The standard InChI is InChI=1S/C15H15FN2O2/c1-20-14-7-5-13(6-8-14)18-15(19)17-10-11-3-2-4-12(16)9-11/h2-9H,10H2,1H3,(H2,17,18,19). The largest absolute Gasteiger partial charge is 0.497 e. The van der Waals surface area contributed by atoms with Crippen LogP contribution in [0.4, 0.5) is 14.9 Å². The van der Waals surface area contributed by atoms with Crippen molar-refractivity contribution in [2.24, 2.45) is 0 Å². The van der Waals surface area contributed by atoms with Crippen molar-refractivity contribution in [3.05, 3.63) is 59.9 Å². The Balaban J connectivity index is 1.85. The number of nitrogens with one attached hydrogen (secondary N) is 2. The first kappa shape index (κ1) is 13.9. The average Bonchev–Trinajstić information content (AvgIpc) is 2.46. The zero-order chi connectivity index (χ0) is 14.4. The van der Waals surface area contributed by atoms with E-state index in [0.29, 0.717) is 11.3 Å². The Bertz CT molecular complexity index is 585. The van der Waals surface area contributed by atoms with Gasteiger partial charge in [0.05, 0.1) is 7.11 Å². The number of urea groups is 1. The lowest BCUT2D eigenvalue weighted by Gasteiger charge is -2.08. The second-order valence-corrected chi connectivity index (χ2v) is 4.17. The Kier molecular flexibility index (Phi) is 4.55. The predicted octanol–water partition coefficient (Wildman–Crippen LogP) is 3.16. The number of amides is 2. The van der Waals surface area contributed by atoms with Gasteiger partial charge in [0.2, 0.25) is 0 Å². The van der Waals surface area contributed by atoms with Crippen molar-refractivity contribution >= 4 is 11.7 Å². The molecule has 2 N–H and O–H groups in total. The van der Waals surface area contributed by atoms with Gasteiger partial charge in [-0.1, -0.05) is 12.1 Å². The molecular weight excluding hydrogens is 259 g/mol. The maximum atomic E-state index is 13.0. The zero-order valence-electron chi connectivity index (χ0n) is 11.0. The Morgan fingerprint density at radius 2 is 1.95 bits per heavy atom. The third-order valence-corrected chi connectivity index (χ3v) is 2.69. The highest BCUT2D eigenvalue weighted by molar-refractivity contribution is 5.89. The Labute approximate surface area is 116 Å². The number of hydrogen-bond acceptors (Lipinski definition) is 2. The van der Waals surface area contributed by atoms with Crippen LogP contribution >= 0.6 is 0 Å². The first-order valence-electron chi connectivity index (χ1n) is 6.11. The molecule has 0 saturated heterocycles. The summed E-state index contributed by atoms with van der Waals surface area (Å²) < 4.78 is 18.0. The lowest BCUT2D eigenvalue weighted by molar-refractivity contribution is 0.251. The molecule has 2 amide bonds. The molecule has 0 aliphatic carbocycles. The molecule has 4 nitrogen and oxygen atoms in total. The van der Waals surface area contributed by atoms with Crippen LogP contribution in [0.2, 0.25) is 0 Å². The molecule has 0 bridgehead atoms. The fourth-order valence-corrected chi connectivity index (χ4v) is 1.68. The van der Waals surface area contributed by atoms with Crippen LogP contribution in [0.3, 0.4) is 0 Å². The molecule has 0 atom stereocenters. The van der Waals surface area contributed by atoms with Gasteiger partial charge in [0, 0.05) is 12.2 Å². The van der Waals surface area contributed by atoms with Gasteiger partial charge < -0.3 is 15.4 Å². The lowest BCUT2D eigenvalue weighted by Crippen LogP contribution is -2.28. The van der Waals surface area contributed by atoms with Gasteiger partial charge in [-0.2, -0.15) is 0 Å². The number of anilines is 1. The summed E-state index contributed by atoms with van der Waals surface area (Å²) in [5.74, 6) is 0.399. The van der Waals surface area contributed by atoms with Crippen molar-refractivity contribution in [1.29, 1.82) is 0 Å². The number of halogens is 1. The van der Waals surface area contributed by atoms with Crippen LogP contribution in [0.15, 0.2) is 48.5 Å². The fourth-order valence-electron chi connectivity index (χ4n) is 1.68. The third-order valence-electron chi connectivity index (χ3n) is 2.69. The van der Waals surface area contributed by atoms with Crippen molar-refractivity contribution in [2.75, 3.05) is 12.4 Å². The van der Waals surface area contributed by atoms with Gasteiger partial charge in [-0.3, -0.25) is 0 Å². The summed E-state index contributed by atoms with van der Waals surface area (Å²) in [6, 6.07) is 12.7. The quantitative estimate of drug-likeness (QED) is 0.899. The first-order valence-corrected chi connectivity index (χ1v) is 6.11. The second-order valence-electron chi connectivity index (χ2n) is 4.17. The first-order chi connectivity index (χ1) is 9.67. The van der Waals surface area contributed by atoms with Crippen LogP contribution in [-0.4, -0.2) is 13.1 Å². The molecule has 2 rings (SSSR count). The predicted molar refractivity (Wildman–Crippen MR) is 75.3 cm³/mol. The molecule has 104 valence electrons. The van der Waals surface area contributed by atoms with Crippen LogP contribution in [0, 0.1) is 5.82 Å². The fraction of sp³-hybridized carbons (Fsp3) is 0.133. The van der Waals surface area contributed by atoms with Crippen molar-refractivity contribution in [2.45, 2.75) is 6.54 Å². The molecular formula is C15H15FN2O2. The maximum Gasteiger partial charge on any atom is 0.319 e. The van der Waals surface area contributed by atoms with Crippen molar-refractivity contribution in [3.63, 3.8) is 0 Å². The van der Waals surface area contributed by atoms with E-state index >= 15 is 0 Å². The molecule has 0 spiro atoms. The van der Waals surface area contributed by atoms with Gasteiger partial charge in [0.1, 0.15) is 11.6 Å². The van der Waals surface area contributed by atoms with E-state index in [9.17, 15) is 9.18 Å². The summed E-state index contributed by atoms with van der Waals surface area (Å²) in [6.45, 7) is 0.264. The Morgan fingerprint density at radius 3 is 2.60 bits per heavy atom. The minimum absolute atomic E-state index is 0.264. The molecule has 20 heavy (non-hydrogen) atoms. The highest BCUT2D eigenvalue weighted by Crippen LogP contribution is 2.14. The van der Waals surface area contributed by atoms with E-state index < -0.39 is 0 Å². The van der Waals surface area contributed by atoms with Crippen molar-refractivity contribution < 1.29 is 13.9 Å². The normalized spacial score (nSPS) is 9.90. The van der Waals surface area contributed by atoms with Crippen LogP contribution in [0.25, 0.3) is 0 Å². The van der Waals surface area contributed by atoms with Crippen LogP contribution in [-0.2, 0) is 6.54 Å². The van der Waals surface area contributed by atoms with E-state index in [2.05, 4.69) is 10.6 Å². The smallest absolute Gasteiger partial charge is 0.319 e. The van der Waals surface area contributed by atoms with E-state index in [1.807, 2.05) is 0 Å². The van der Waals surface area contributed by atoms with Gasteiger partial charge in [0.15, 0.2) is 0 Å². The number of methoxy groups -OCH3 is 1. The number of rotatable bonds is 4. The monoisotopic (exact) mass is 274 g/mol. The van der Waals surface area contributed by atoms with Crippen LogP contribution in [0.1, 0.15) is 5.56 Å². The topological polar surface area (TPSA) is 50.4 Å². The third kappa shape index (κ3) is 3.98. The summed E-state index contributed by atoms with van der Waals surface area (Å²) in [6.07, 6.45) is 0. The Morgan fingerprint density at radius 1 is 1.20 bits per heavy atom. The average molecular weight is 274 g/mol. The van der Waals surface area contributed by atoms with Gasteiger partial charge in [-0.25, -0.2) is 9.18 Å². The van der Waals surface area contributed by atoms with E-state index in [0.717, 1.165) is 5.75 Å². The molecule has 0 aliphatic heterocycles. The summed E-state index contributed by atoms with van der Waals surface area (Å²) in [5, 5.41) is 5.33. The van der Waals surface area contributed by atoms with E-state index in [4.69, 9.17) is 4.74 Å². The maximum absolute atomic E-state index is 13.0. The molecule has 0 heterocycles. The summed E-state index contributed by atoms with van der Waals surface area (Å²) >= 11 is 0. The number of ether oxygens (including phenoxy) is 1. The highest BCUT2D eigenvalue weighted by atomic mass is 19.1. The lowest BCUT2D eigenvalue weighted by atomic mass is 10.2. The van der Waals surface area contributed by atoms with Gasteiger partial charge in [-0.05, 0) is 42.0 Å². The van der Waals surface area contributed by atoms with Crippen molar-refractivity contribution in [1.82, 2.24) is 5.32 Å². The van der Waals surface area contributed by atoms with E-state index in [1.54, 1.807) is 43.5 Å². The van der Waals surface area contributed by atoms with Crippen LogP contribution < -0.4 is 15.4 Å². The number of carbonyl (C=O) groups excluding carboxylic acids is 1.